The molecule has 0 bridgehead atoms. The van der Waals surface area contributed by atoms with Crippen molar-refractivity contribution in [2.75, 3.05) is 18.5 Å². The molecule has 1 aliphatic rings. The minimum Gasteiger partial charge on any atom is -0.494 e. The highest BCUT2D eigenvalue weighted by molar-refractivity contribution is 7.89. The van der Waals surface area contributed by atoms with Gasteiger partial charge >= 0.3 is 0 Å². The normalized spacial score (nSPS) is 13.9. The third-order valence-corrected chi connectivity index (χ3v) is 7.38. The third-order valence-electron chi connectivity index (χ3n) is 5.52. The highest BCUT2D eigenvalue weighted by Gasteiger charge is 2.28. The number of rotatable bonds is 7. The number of anilines is 1. The lowest BCUT2D eigenvalue weighted by Crippen LogP contribution is -2.36. The van der Waals surface area contributed by atoms with E-state index in [-0.39, 0.29) is 23.8 Å². The fraction of sp³-hybridized carbons (Fsp3) is 0.240. The molecule has 1 amide bonds. The molecule has 0 spiro atoms. The maximum atomic E-state index is 13.2. The summed E-state index contributed by atoms with van der Waals surface area (Å²) in [6.07, 6.45) is 0.782. The zero-order chi connectivity index (χ0) is 23.4. The molecule has 0 unspecified atom stereocenters. The molecule has 3 aromatic carbocycles. The molecule has 1 aliphatic heterocycles. The summed E-state index contributed by atoms with van der Waals surface area (Å²) in [4.78, 5) is 12.6. The molecule has 0 saturated heterocycles. The number of carbonyl (C=O) groups is 1. The third kappa shape index (κ3) is 5.40. The van der Waals surface area contributed by atoms with Crippen molar-refractivity contribution >= 4 is 21.6 Å². The average molecular weight is 469 g/mol. The van der Waals surface area contributed by atoms with E-state index >= 15 is 0 Å². The fourth-order valence-electron chi connectivity index (χ4n) is 3.83. The van der Waals surface area contributed by atoms with Gasteiger partial charge in [0.05, 0.1) is 17.9 Å². The summed E-state index contributed by atoms with van der Waals surface area (Å²) in [7, 11) is -3.74. The van der Waals surface area contributed by atoms with E-state index in [0.29, 0.717) is 25.3 Å². The van der Waals surface area contributed by atoms with Crippen LogP contribution in [0.3, 0.4) is 0 Å². The van der Waals surface area contributed by atoms with E-state index in [9.17, 15) is 17.6 Å². The molecular weight excluding hydrogens is 443 g/mol. The number of carbonyl (C=O) groups excluding carboxylic acids is 1. The van der Waals surface area contributed by atoms with Crippen LogP contribution in [0.2, 0.25) is 0 Å². The molecular formula is C25H25FN2O4S. The number of amides is 1. The van der Waals surface area contributed by atoms with Crippen molar-refractivity contribution in [2.24, 2.45) is 0 Å². The lowest BCUT2D eigenvalue weighted by molar-refractivity contribution is -0.115. The molecule has 33 heavy (non-hydrogen) atoms. The molecule has 8 heteroatoms. The minimum absolute atomic E-state index is 0.0622. The van der Waals surface area contributed by atoms with Crippen LogP contribution in [0.15, 0.2) is 71.6 Å². The highest BCUT2D eigenvalue weighted by Crippen LogP contribution is 2.27. The number of nitrogens with one attached hydrogen (secondary N) is 1. The van der Waals surface area contributed by atoms with E-state index in [0.717, 1.165) is 34.6 Å². The Hall–Kier alpha value is -3.23. The summed E-state index contributed by atoms with van der Waals surface area (Å²) >= 11 is 0. The fourth-order valence-corrected chi connectivity index (χ4v) is 5.25. The number of ether oxygens (including phenoxy) is 1. The van der Waals surface area contributed by atoms with E-state index < -0.39 is 15.8 Å². The first-order valence-electron chi connectivity index (χ1n) is 10.7. The SMILES string of the molecule is CCOc1ccc(CC(=O)Nc2ccc3c(c2)CN(S(=O)(=O)c2ccc(F)cc2)CC3)cc1. The van der Waals surface area contributed by atoms with E-state index in [4.69, 9.17) is 4.74 Å². The predicted molar refractivity (Wildman–Crippen MR) is 124 cm³/mol. The number of hydrogen-bond acceptors (Lipinski definition) is 4. The Morgan fingerprint density at radius 2 is 1.76 bits per heavy atom. The molecule has 172 valence electrons. The Bertz CT molecular complexity index is 1240. The Morgan fingerprint density at radius 3 is 2.45 bits per heavy atom. The molecule has 1 N–H and O–H groups in total. The molecule has 0 saturated carbocycles. The van der Waals surface area contributed by atoms with Crippen molar-refractivity contribution in [3.8, 4) is 5.75 Å². The van der Waals surface area contributed by atoms with Gasteiger partial charge in [-0.05, 0) is 78.6 Å². The smallest absolute Gasteiger partial charge is 0.243 e. The van der Waals surface area contributed by atoms with Crippen LogP contribution in [0.25, 0.3) is 0 Å². The zero-order valence-electron chi connectivity index (χ0n) is 18.3. The molecule has 4 rings (SSSR count). The predicted octanol–water partition coefficient (Wildman–Crippen LogP) is 4.15. The summed E-state index contributed by atoms with van der Waals surface area (Å²) in [5, 5.41) is 2.89. The van der Waals surface area contributed by atoms with Gasteiger partial charge in [0.2, 0.25) is 15.9 Å². The lowest BCUT2D eigenvalue weighted by Gasteiger charge is -2.28. The monoisotopic (exact) mass is 468 g/mol. The van der Waals surface area contributed by atoms with Gasteiger partial charge in [0.15, 0.2) is 0 Å². The van der Waals surface area contributed by atoms with E-state index in [1.807, 2.05) is 49.4 Å². The van der Waals surface area contributed by atoms with Crippen LogP contribution in [0.1, 0.15) is 23.6 Å². The second-order valence-corrected chi connectivity index (χ2v) is 9.77. The Kier molecular flexibility index (Phi) is 6.76. The summed E-state index contributed by atoms with van der Waals surface area (Å²) in [6.45, 7) is 3.03. The van der Waals surface area contributed by atoms with Gasteiger partial charge in [-0.3, -0.25) is 4.79 Å². The molecule has 0 aromatic heterocycles. The number of hydrogen-bond donors (Lipinski definition) is 1. The molecule has 6 nitrogen and oxygen atoms in total. The van der Waals surface area contributed by atoms with Crippen molar-refractivity contribution < 1.29 is 22.3 Å². The van der Waals surface area contributed by atoms with Crippen molar-refractivity contribution in [2.45, 2.75) is 31.2 Å². The molecule has 0 radical (unpaired) electrons. The standard InChI is InChI=1S/C25H25FN2O4S/c1-2-32-23-9-3-18(4-10-23)15-25(29)27-22-8-5-19-13-14-28(17-20(19)16-22)33(30,31)24-11-6-21(26)7-12-24/h3-12,16H,2,13-15,17H2,1H3,(H,27,29). The number of nitrogens with zero attached hydrogens (tertiary/aromatic N) is 1. The van der Waals surface area contributed by atoms with Crippen LogP contribution in [0.4, 0.5) is 10.1 Å². The second kappa shape index (κ2) is 9.72. The number of sulfonamides is 1. The molecule has 3 aromatic rings. The van der Waals surface area contributed by atoms with Gasteiger partial charge < -0.3 is 10.1 Å². The van der Waals surface area contributed by atoms with Crippen molar-refractivity contribution in [1.29, 1.82) is 0 Å². The van der Waals surface area contributed by atoms with Crippen molar-refractivity contribution in [3.05, 3.63) is 89.2 Å². The average Bonchev–Trinajstić information content (AvgIpc) is 2.80. The maximum Gasteiger partial charge on any atom is 0.243 e. The van der Waals surface area contributed by atoms with E-state index in [1.165, 1.54) is 16.4 Å². The van der Waals surface area contributed by atoms with Crippen LogP contribution in [0, 0.1) is 5.82 Å². The summed E-state index contributed by atoms with van der Waals surface area (Å²) in [5.41, 5.74) is 3.37. The van der Waals surface area contributed by atoms with Gasteiger partial charge in [-0.1, -0.05) is 18.2 Å². The number of halogens is 1. The minimum atomic E-state index is -3.74. The number of benzene rings is 3. The Labute approximate surface area is 193 Å². The van der Waals surface area contributed by atoms with Gasteiger partial charge in [0.1, 0.15) is 11.6 Å². The first-order chi connectivity index (χ1) is 15.8. The maximum absolute atomic E-state index is 13.2. The summed E-state index contributed by atoms with van der Waals surface area (Å²) < 4.78 is 45.9. The first-order valence-corrected chi connectivity index (χ1v) is 12.2. The van der Waals surface area contributed by atoms with Crippen LogP contribution in [-0.4, -0.2) is 31.8 Å². The summed E-state index contributed by atoms with van der Waals surface area (Å²) in [5.74, 6) is 0.116. The quantitative estimate of drug-likeness (QED) is 0.565. The largest absolute Gasteiger partial charge is 0.494 e. The van der Waals surface area contributed by atoms with Gasteiger partial charge in [-0.2, -0.15) is 4.31 Å². The topological polar surface area (TPSA) is 75.7 Å². The second-order valence-electron chi connectivity index (χ2n) is 7.83. The van der Waals surface area contributed by atoms with Gasteiger partial charge in [0.25, 0.3) is 0 Å². The van der Waals surface area contributed by atoms with Gasteiger partial charge in [-0.15, -0.1) is 0 Å². The van der Waals surface area contributed by atoms with Crippen LogP contribution < -0.4 is 10.1 Å². The molecule has 0 fully saturated rings. The van der Waals surface area contributed by atoms with Crippen molar-refractivity contribution in [3.63, 3.8) is 0 Å². The van der Waals surface area contributed by atoms with Crippen LogP contribution in [0.5, 0.6) is 5.75 Å². The highest BCUT2D eigenvalue weighted by atomic mass is 32.2. The summed E-state index contributed by atoms with van der Waals surface area (Å²) in [6, 6.07) is 17.8. The Morgan fingerprint density at radius 1 is 1.03 bits per heavy atom. The van der Waals surface area contributed by atoms with Gasteiger partial charge in [-0.25, -0.2) is 12.8 Å². The zero-order valence-corrected chi connectivity index (χ0v) is 19.1. The number of fused-ring (bicyclic) bond motifs is 1. The molecule has 1 heterocycles. The first kappa shape index (κ1) is 22.9. The van der Waals surface area contributed by atoms with Crippen LogP contribution in [-0.2, 0) is 34.2 Å². The van der Waals surface area contributed by atoms with Crippen molar-refractivity contribution in [1.82, 2.24) is 4.31 Å². The van der Waals surface area contributed by atoms with Gasteiger partial charge in [0, 0.05) is 18.8 Å². The Balaban J connectivity index is 1.44. The van der Waals surface area contributed by atoms with Crippen LogP contribution >= 0.6 is 0 Å². The lowest BCUT2D eigenvalue weighted by atomic mass is 10.0. The molecule has 0 aliphatic carbocycles. The van der Waals surface area contributed by atoms with E-state index in [1.54, 1.807) is 0 Å². The van der Waals surface area contributed by atoms with E-state index in [2.05, 4.69) is 5.32 Å². The molecule has 0 atom stereocenters.